The van der Waals surface area contributed by atoms with Crippen molar-refractivity contribution in [2.75, 3.05) is 7.11 Å². The largest absolute Gasteiger partial charge is 0.496 e. The van der Waals surface area contributed by atoms with Crippen molar-refractivity contribution in [3.63, 3.8) is 0 Å². The molecule has 0 N–H and O–H groups in total. The van der Waals surface area contributed by atoms with Crippen LogP contribution in [0, 0.1) is 23.7 Å². The number of allylic oxidation sites excluding steroid dienone is 1. The Balaban J connectivity index is 1.79. The lowest BCUT2D eigenvalue weighted by atomic mass is 9.54. The summed E-state index contributed by atoms with van der Waals surface area (Å²) in [6.07, 6.45) is 7.12. The van der Waals surface area contributed by atoms with Crippen LogP contribution in [0.4, 0.5) is 0 Å². The van der Waals surface area contributed by atoms with Crippen LogP contribution in [0.5, 0.6) is 0 Å². The summed E-state index contributed by atoms with van der Waals surface area (Å²) >= 11 is 3.58. The molecule has 0 unspecified atom stereocenters. The molecule has 1 aromatic rings. The van der Waals surface area contributed by atoms with Crippen LogP contribution in [0.1, 0.15) is 37.7 Å². The fraction of sp³-hybridized carbons (Fsp3) is 0.556. The molecule has 0 heterocycles. The topological polar surface area (TPSA) is 9.23 Å². The number of benzene rings is 1. The normalized spacial score (nSPS) is 34.4. The van der Waals surface area contributed by atoms with E-state index in [9.17, 15) is 0 Å². The number of hydrogen-bond donors (Lipinski definition) is 0. The third kappa shape index (κ3) is 2.04. The van der Waals surface area contributed by atoms with Gasteiger partial charge < -0.3 is 4.74 Å². The molecule has 4 fully saturated rings. The monoisotopic (exact) mass is 332 g/mol. The van der Waals surface area contributed by atoms with E-state index in [0.29, 0.717) is 0 Å². The van der Waals surface area contributed by atoms with Gasteiger partial charge in [-0.05, 0) is 73.5 Å². The first kappa shape index (κ1) is 12.9. The Morgan fingerprint density at radius 1 is 1.05 bits per heavy atom. The van der Waals surface area contributed by atoms with Gasteiger partial charge in [0.2, 0.25) is 0 Å². The van der Waals surface area contributed by atoms with Crippen molar-refractivity contribution in [1.82, 2.24) is 0 Å². The van der Waals surface area contributed by atoms with Gasteiger partial charge in [0.05, 0.1) is 7.11 Å². The molecule has 1 aromatic carbocycles. The zero-order valence-corrected chi connectivity index (χ0v) is 13.5. The summed E-state index contributed by atoms with van der Waals surface area (Å²) in [7, 11) is 1.84. The maximum Gasteiger partial charge on any atom is 0.125 e. The molecule has 106 valence electrons. The fourth-order valence-electron chi connectivity index (χ4n) is 5.09. The first-order valence-electron chi connectivity index (χ1n) is 7.78. The molecule has 1 nitrogen and oxygen atoms in total. The number of hydrogen-bond acceptors (Lipinski definition) is 1. The average Bonchev–Trinajstić information content (AvgIpc) is 2.42. The van der Waals surface area contributed by atoms with Gasteiger partial charge in [0, 0.05) is 10.0 Å². The van der Waals surface area contributed by atoms with Gasteiger partial charge in [-0.3, -0.25) is 0 Å². The predicted octanol–water partition coefficient (Wildman–Crippen LogP) is 5.26. The van der Waals surface area contributed by atoms with Gasteiger partial charge in [0.1, 0.15) is 5.76 Å². The van der Waals surface area contributed by atoms with Gasteiger partial charge in [0.15, 0.2) is 0 Å². The molecule has 5 rings (SSSR count). The van der Waals surface area contributed by atoms with E-state index < -0.39 is 0 Å². The maximum atomic E-state index is 5.88. The van der Waals surface area contributed by atoms with Crippen LogP contribution >= 0.6 is 15.9 Å². The summed E-state index contributed by atoms with van der Waals surface area (Å²) in [5.74, 6) is 4.75. The molecule has 0 amide bonds. The van der Waals surface area contributed by atoms with E-state index in [-0.39, 0.29) is 0 Å². The zero-order valence-electron chi connectivity index (χ0n) is 11.9. The van der Waals surface area contributed by atoms with Gasteiger partial charge in [-0.2, -0.15) is 0 Å². The lowest BCUT2D eigenvalue weighted by Gasteiger charge is -2.51. The molecule has 0 atom stereocenters. The second-order valence-electron chi connectivity index (χ2n) is 6.80. The van der Waals surface area contributed by atoms with Crippen molar-refractivity contribution in [1.29, 1.82) is 0 Å². The lowest BCUT2D eigenvalue weighted by molar-refractivity contribution is 0.0675. The molecule has 4 bridgehead atoms. The third-order valence-electron chi connectivity index (χ3n) is 5.57. The van der Waals surface area contributed by atoms with E-state index in [4.69, 9.17) is 4.74 Å². The van der Waals surface area contributed by atoms with Crippen LogP contribution in [-0.4, -0.2) is 7.11 Å². The van der Waals surface area contributed by atoms with Crippen molar-refractivity contribution in [3.8, 4) is 0 Å². The minimum absolute atomic E-state index is 0.792. The molecule has 20 heavy (non-hydrogen) atoms. The van der Waals surface area contributed by atoms with E-state index in [1.54, 1.807) is 5.57 Å². The summed E-state index contributed by atoms with van der Waals surface area (Å²) in [5, 5.41) is 0. The van der Waals surface area contributed by atoms with Crippen molar-refractivity contribution in [2.45, 2.75) is 32.1 Å². The quantitative estimate of drug-likeness (QED) is 0.671. The molecule has 0 aromatic heterocycles. The third-order valence-corrected chi connectivity index (χ3v) is 6.06. The minimum atomic E-state index is 0.792. The molecule has 0 radical (unpaired) electrons. The van der Waals surface area contributed by atoms with E-state index in [2.05, 4.69) is 40.2 Å². The lowest BCUT2D eigenvalue weighted by Crippen LogP contribution is -2.40. The standard InChI is InChI=1S/C18H21BrO/c1-20-18(13-3-2-4-16(19)10-13)17-14-6-11-5-12(8-14)9-15(17)7-11/h2-4,10-12,14-15H,5-9H2,1H3. The summed E-state index contributed by atoms with van der Waals surface area (Å²) < 4.78 is 7.01. The molecule has 0 saturated heterocycles. The Hall–Kier alpha value is -0.760. The Morgan fingerprint density at radius 2 is 1.70 bits per heavy atom. The van der Waals surface area contributed by atoms with E-state index in [0.717, 1.165) is 28.1 Å². The van der Waals surface area contributed by atoms with Crippen LogP contribution in [0.25, 0.3) is 5.76 Å². The maximum absolute atomic E-state index is 5.88. The molecule has 0 spiro atoms. The van der Waals surface area contributed by atoms with Crippen LogP contribution in [0.3, 0.4) is 0 Å². The molecule has 4 aliphatic carbocycles. The number of methoxy groups -OCH3 is 1. The summed E-state index contributed by atoms with van der Waals surface area (Å²) in [5.41, 5.74) is 2.88. The molecule has 4 aliphatic rings. The highest BCUT2D eigenvalue weighted by Crippen LogP contribution is 2.57. The summed E-state index contributed by atoms with van der Waals surface area (Å²) in [6, 6.07) is 8.56. The molecular formula is C18H21BrO. The first-order chi connectivity index (χ1) is 9.74. The van der Waals surface area contributed by atoms with Crippen LogP contribution in [0.15, 0.2) is 34.3 Å². The first-order valence-corrected chi connectivity index (χ1v) is 8.58. The van der Waals surface area contributed by atoms with Gasteiger partial charge in [-0.1, -0.05) is 28.1 Å². The van der Waals surface area contributed by atoms with Crippen molar-refractivity contribution >= 4 is 21.7 Å². The summed E-state index contributed by atoms with van der Waals surface area (Å²) in [4.78, 5) is 0. The Kier molecular flexibility index (Phi) is 3.17. The Labute approximate surface area is 129 Å². The van der Waals surface area contributed by atoms with Crippen molar-refractivity contribution in [2.24, 2.45) is 23.7 Å². The second kappa shape index (κ2) is 4.91. The second-order valence-corrected chi connectivity index (χ2v) is 7.72. The molecule has 0 aliphatic heterocycles. The van der Waals surface area contributed by atoms with Gasteiger partial charge in [0.25, 0.3) is 0 Å². The highest BCUT2D eigenvalue weighted by Gasteiger charge is 2.46. The Bertz CT molecular complexity index is 530. The predicted molar refractivity (Wildman–Crippen MR) is 85.1 cm³/mol. The van der Waals surface area contributed by atoms with Crippen LogP contribution < -0.4 is 0 Å². The highest BCUT2D eigenvalue weighted by atomic mass is 79.9. The number of rotatable bonds is 2. The molecule has 4 saturated carbocycles. The SMILES string of the molecule is COC(=C1C2CC3CC(C2)CC1C3)c1cccc(Br)c1. The molecule has 2 heteroatoms. The zero-order chi connectivity index (χ0) is 13.7. The molecular weight excluding hydrogens is 312 g/mol. The van der Waals surface area contributed by atoms with Gasteiger partial charge in [-0.25, -0.2) is 0 Å². The van der Waals surface area contributed by atoms with E-state index in [1.807, 2.05) is 7.11 Å². The van der Waals surface area contributed by atoms with Crippen molar-refractivity contribution in [3.05, 3.63) is 39.9 Å². The fourth-order valence-corrected chi connectivity index (χ4v) is 5.49. The highest BCUT2D eigenvalue weighted by molar-refractivity contribution is 9.10. The smallest absolute Gasteiger partial charge is 0.125 e. The van der Waals surface area contributed by atoms with E-state index >= 15 is 0 Å². The van der Waals surface area contributed by atoms with Crippen LogP contribution in [-0.2, 0) is 4.74 Å². The average molecular weight is 333 g/mol. The van der Waals surface area contributed by atoms with Gasteiger partial charge in [-0.15, -0.1) is 0 Å². The van der Waals surface area contributed by atoms with Crippen molar-refractivity contribution < 1.29 is 4.74 Å². The number of ether oxygens (including phenoxy) is 1. The van der Waals surface area contributed by atoms with Gasteiger partial charge >= 0.3 is 0 Å². The minimum Gasteiger partial charge on any atom is -0.496 e. The summed E-state index contributed by atoms with van der Waals surface area (Å²) in [6.45, 7) is 0. The van der Waals surface area contributed by atoms with Crippen LogP contribution in [0.2, 0.25) is 0 Å². The Morgan fingerprint density at radius 3 is 2.25 bits per heavy atom. The van der Waals surface area contributed by atoms with E-state index in [1.165, 1.54) is 43.4 Å². The number of halogens is 1.